The molecule has 2 aromatic rings. The van der Waals surface area contributed by atoms with Gasteiger partial charge in [-0.15, -0.1) is 0 Å². The zero-order valence-corrected chi connectivity index (χ0v) is 21.0. The van der Waals surface area contributed by atoms with Crippen molar-refractivity contribution < 1.29 is 114 Å². The van der Waals surface area contributed by atoms with E-state index in [4.69, 9.17) is 10.2 Å². The number of benzene rings is 2. The standard InChI is InChI=1S/C13H12O2.2CH3.H2O.3Y/c14-12-5-1-10(2-6-12)9-11-3-7-13(15)8-4-11;;;;;;/h1-8,14-15H,9H2;2*1H3;1H2;;;/q;2*-1;;;;. The molecule has 3 nitrogen and oxygen atoms in total. The Kier molecular flexibility index (Phi) is 28.4. The summed E-state index contributed by atoms with van der Waals surface area (Å²) in [6, 6.07) is 14.3. The largest absolute Gasteiger partial charge is 0.508 e. The Morgan fingerprint density at radius 3 is 1.05 bits per heavy atom. The van der Waals surface area contributed by atoms with Crippen LogP contribution in [-0.4, -0.2) is 15.7 Å². The molecule has 0 fully saturated rings. The summed E-state index contributed by atoms with van der Waals surface area (Å²) < 4.78 is 0. The van der Waals surface area contributed by atoms with Gasteiger partial charge in [-0.3, -0.25) is 0 Å². The summed E-state index contributed by atoms with van der Waals surface area (Å²) >= 11 is 0. The second-order valence-corrected chi connectivity index (χ2v) is 3.51. The van der Waals surface area contributed by atoms with Gasteiger partial charge in [-0.2, -0.15) is 0 Å². The van der Waals surface area contributed by atoms with Crippen LogP contribution in [0.25, 0.3) is 0 Å². The van der Waals surface area contributed by atoms with Crippen molar-refractivity contribution in [3.63, 3.8) is 0 Å². The Hall–Kier alpha value is 1.31. The first-order valence-corrected chi connectivity index (χ1v) is 4.80. The third-order valence-corrected chi connectivity index (χ3v) is 2.28. The van der Waals surface area contributed by atoms with Gasteiger partial charge in [-0.1, -0.05) is 24.3 Å². The van der Waals surface area contributed by atoms with Crippen molar-refractivity contribution in [1.82, 2.24) is 0 Å². The molecule has 0 aliphatic rings. The van der Waals surface area contributed by atoms with Crippen LogP contribution >= 0.6 is 0 Å². The fourth-order valence-corrected chi connectivity index (χ4v) is 1.46. The van der Waals surface area contributed by atoms with Gasteiger partial charge in [0.05, 0.1) is 0 Å². The van der Waals surface area contributed by atoms with E-state index in [1.807, 2.05) is 24.3 Å². The van der Waals surface area contributed by atoms with Crippen LogP contribution in [0.2, 0.25) is 0 Å². The van der Waals surface area contributed by atoms with Crippen molar-refractivity contribution in [2.75, 3.05) is 0 Å². The van der Waals surface area contributed by atoms with Crippen LogP contribution in [0.5, 0.6) is 11.5 Å². The molecule has 0 saturated carbocycles. The van der Waals surface area contributed by atoms with Crippen LogP contribution in [0.15, 0.2) is 48.5 Å². The molecule has 0 amide bonds. The third-order valence-electron chi connectivity index (χ3n) is 2.28. The van der Waals surface area contributed by atoms with E-state index in [0.29, 0.717) is 0 Å². The van der Waals surface area contributed by atoms with E-state index in [0.717, 1.165) is 17.5 Å². The van der Waals surface area contributed by atoms with Crippen molar-refractivity contribution in [1.29, 1.82) is 0 Å². The summed E-state index contributed by atoms with van der Waals surface area (Å²) in [6.45, 7) is 0. The molecule has 0 aromatic heterocycles. The minimum Gasteiger partial charge on any atom is -0.508 e. The van der Waals surface area contributed by atoms with Crippen LogP contribution in [-0.2, 0) is 105 Å². The normalized spacial score (nSPS) is 7.24. The van der Waals surface area contributed by atoms with Gasteiger partial charge < -0.3 is 30.5 Å². The Balaban J connectivity index is -0.000000142. The van der Waals surface area contributed by atoms with E-state index in [1.54, 1.807) is 24.3 Å². The molecule has 3 radical (unpaired) electrons. The van der Waals surface area contributed by atoms with Gasteiger partial charge in [0.1, 0.15) is 11.5 Å². The maximum Gasteiger partial charge on any atom is 0.115 e. The van der Waals surface area contributed by atoms with Gasteiger partial charge in [-0.25, -0.2) is 0 Å². The van der Waals surface area contributed by atoms with Gasteiger partial charge in [-0.05, 0) is 41.8 Å². The maximum atomic E-state index is 9.13. The number of hydrogen-bond acceptors (Lipinski definition) is 2. The molecular weight excluding hydrogens is 495 g/mol. The molecule has 0 unspecified atom stereocenters. The molecule has 0 atom stereocenters. The molecule has 0 bridgehead atoms. The summed E-state index contributed by atoms with van der Waals surface area (Å²) in [7, 11) is 0. The van der Waals surface area contributed by atoms with Crippen LogP contribution in [0.3, 0.4) is 0 Å². The number of hydrogen-bond donors (Lipinski definition) is 2. The fourth-order valence-electron chi connectivity index (χ4n) is 1.46. The number of phenols is 2. The first kappa shape index (κ1) is 33.8. The van der Waals surface area contributed by atoms with Crippen LogP contribution in [0, 0.1) is 14.9 Å². The smallest absolute Gasteiger partial charge is 0.115 e. The quantitative estimate of drug-likeness (QED) is 0.605. The van der Waals surface area contributed by atoms with Gasteiger partial charge in [0, 0.05) is 98.1 Å². The average molecular weight is 515 g/mol. The van der Waals surface area contributed by atoms with E-state index in [9.17, 15) is 0 Å². The number of rotatable bonds is 2. The van der Waals surface area contributed by atoms with Crippen molar-refractivity contribution in [3.8, 4) is 11.5 Å². The van der Waals surface area contributed by atoms with Gasteiger partial charge in [0.25, 0.3) is 0 Å². The van der Waals surface area contributed by atoms with Gasteiger partial charge >= 0.3 is 0 Å². The van der Waals surface area contributed by atoms with Crippen LogP contribution < -0.4 is 0 Å². The van der Waals surface area contributed by atoms with Crippen LogP contribution in [0.1, 0.15) is 11.1 Å². The molecule has 109 valence electrons. The van der Waals surface area contributed by atoms with E-state index in [1.165, 1.54) is 0 Å². The third kappa shape index (κ3) is 12.4. The molecule has 2 aromatic carbocycles. The Morgan fingerprint density at radius 2 is 0.810 bits per heavy atom. The van der Waals surface area contributed by atoms with Crippen molar-refractivity contribution in [2.24, 2.45) is 0 Å². The molecule has 4 N–H and O–H groups in total. The van der Waals surface area contributed by atoms with Crippen molar-refractivity contribution in [3.05, 3.63) is 74.5 Å². The summed E-state index contributed by atoms with van der Waals surface area (Å²) in [5.41, 5.74) is 2.27. The first-order chi connectivity index (χ1) is 7.24. The van der Waals surface area contributed by atoms with E-state index >= 15 is 0 Å². The zero-order chi connectivity index (χ0) is 10.7. The van der Waals surface area contributed by atoms with E-state index in [2.05, 4.69) is 0 Å². The van der Waals surface area contributed by atoms with Gasteiger partial charge in [0.2, 0.25) is 0 Å². The molecule has 2 rings (SSSR count). The summed E-state index contributed by atoms with van der Waals surface area (Å²) in [5.74, 6) is 0.564. The molecule has 0 heterocycles. The molecule has 0 aliphatic heterocycles. The first-order valence-electron chi connectivity index (χ1n) is 4.80. The monoisotopic (exact) mass is 515 g/mol. The minimum atomic E-state index is 0. The number of aromatic hydroxyl groups is 2. The van der Waals surface area contributed by atoms with Crippen molar-refractivity contribution in [2.45, 2.75) is 6.42 Å². The summed E-state index contributed by atoms with van der Waals surface area (Å²) in [4.78, 5) is 0. The Labute approximate surface area is 203 Å². The second-order valence-electron chi connectivity index (χ2n) is 3.51. The molecule has 0 saturated heterocycles. The van der Waals surface area contributed by atoms with E-state index in [-0.39, 0.29) is 130 Å². The zero-order valence-electron chi connectivity index (χ0n) is 12.5. The predicted octanol–water partition coefficient (Wildman–Crippen LogP) is 2.76. The number of phenolic OH excluding ortho intramolecular Hbond substituents is 2. The Morgan fingerprint density at radius 1 is 0.571 bits per heavy atom. The molecular formula is C15H20O3Y3-2. The molecule has 0 spiro atoms. The average Bonchev–Trinajstić information content (AvgIpc) is 2.25. The molecule has 6 heteroatoms. The SMILES string of the molecule is O.Oc1ccc(Cc2ccc(O)cc2)cc1.[CH3-].[CH3-].[Y].[Y].[Y]. The second kappa shape index (κ2) is 17.7. The summed E-state index contributed by atoms with van der Waals surface area (Å²) in [5, 5.41) is 18.3. The topological polar surface area (TPSA) is 72.0 Å². The molecule has 21 heavy (non-hydrogen) atoms. The predicted molar refractivity (Wildman–Crippen MR) is 75.5 cm³/mol. The van der Waals surface area contributed by atoms with Crippen molar-refractivity contribution >= 4 is 0 Å². The van der Waals surface area contributed by atoms with E-state index < -0.39 is 0 Å². The van der Waals surface area contributed by atoms with Gasteiger partial charge in [0.15, 0.2) is 0 Å². The van der Waals surface area contributed by atoms with Crippen LogP contribution in [0.4, 0.5) is 0 Å². The summed E-state index contributed by atoms with van der Waals surface area (Å²) in [6.07, 6.45) is 0.806. The maximum absolute atomic E-state index is 9.13. The molecule has 0 aliphatic carbocycles. The Bertz CT molecular complexity index is 401. The minimum absolute atomic E-state index is 0. The fraction of sp³-hybridized carbons (Fsp3) is 0.0667.